The van der Waals surface area contributed by atoms with Crippen LogP contribution in [-0.4, -0.2) is 0 Å². The summed E-state index contributed by atoms with van der Waals surface area (Å²) in [5, 5.41) is 0. The Hall–Kier alpha value is -1.20. The van der Waals surface area contributed by atoms with Crippen LogP contribution in [0.25, 0.3) is 0 Å². The highest BCUT2D eigenvalue weighted by Crippen LogP contribution is 2.26. The highest BCUT2D eigenvalue weighted by atomic mass is 79.9. The van der Waals surface area contributed by atoms with Crippen molar-refractivity contribution in [3.8, 4) is 0 Å². The second-order valence-electron chi connectivity index (χ2n) is 3.66. The van der Waals surface area contributed by atoms with Gasteiger partial charge in [-0.2, -0.15) is 0 Å². The summed E-state index contributed by atoms with van der Waals surface area (Å²) in [6.45, 7) is 0. The first kappa shape index (κ1) is 12.3. The van der Waals surface area contributed by atoms with E-state index < -0.39 is 17.7 Å². The molecule has 0 aliphatic carbocycles. The summed E-state index contributed by atoms with van der Waals surface area (Å²) < 4.78 is 32.3. The second kappa shape index (κ2) is 4.98. The Bertz CT molecular complexity index is 527. The van der Waals surface area contributed by atoms with Crippen LogP contribution in [0.5, 0.6) is 0 Å². The maximum atomic E-state index is 13.4. The van der Waals surface area contributed by atoms with Gasteiger partial charge in [-0.05, 0) is 40.0 Å². The zero-order valence-electron chi connectivity index (χ0n) is 8.79. The number of hydrogen-bond donors (Lipinski definition) is 1. The molecule has 2 nitrogen and oxygen atoms in total. The number of hydrogen-bond acceptors (Lipinski definition) is 2. The molecule has 0 aliphatic rings. The van der Waals surface area contributed by atoms with Crippen LogP contribution in [0.4, 0.5) is 8.78 Å². The van der Waals surface area contributed by atoms with Crippen molar-refractivity contribution < 1.29 is 13.2 Å². The predicted molar refractivity (Wildman–Crippen MR) is 63.4 cm³/mol. The van der Waals surface area contributed by atoms with Gasteiger partial charge < -0.3 is 10.2 Å². The monoisotopic (exact) mass is 301 g/mol. The summed E-state index contributed by atoms with van der Waals surface area (Å²) in [7, 11) is 0. The van der Waals surface area contributed by atoms with E-state index in [2.05, 4.69) is 15.9 Å². The van der Waals surface area contributed by atoms with E-state index in [9.17, 15) is 8.78 Å². The molecule has 0 spiro atoms. The average molecular weight is 302 g/mol. The van der Waals surface area contributed by atoms with Crippen LogP contribution in [0.2, 0.25) is 0 Å². The molecule has 1 aromatic carbocycles. The van der Waals surface area contributed by atoms with Crippen molar-refractivity contribution in [2.45, 2.75) is 12.5 Å². The van der Waals surface area contributed by atoms with E-state index in [0.29, 0.717) is 5.76 Å². The molecule has 2 N–H and O–H groups in total. The minimum absolute atomic E-state index is 0.176. The number of rotatable bonds is 3. The molecule has 5 heteroatoms. The lowest BCUT2D eigenvalue weighted by Crippen LogP contribution is -2.14. The molecule has 0 bridgehead atoms. The Morgan fingerprint density at radius 3 is 2.71 bits per heavy atom. The zero-order chi connectivity index (χ0) is 12.4. The van der Waals surface area contributed by atoms with E-state index in [1.54, 1.807) is 6.07 Å². The summed E-state index contributed by atoms with van der Waals surface area (Å²) in [4.78, 5) is 0. The quantitative estimate of drug-likeness (QED) is 0.941. The first-order valence-corrected chi connectivity index (χ1v) is 5.80. The Morgan fingerprint density at radius 2 is 2.06 bits per heavy atom. The molecule has 1 unspecified atom stereocenters. The molecule has 0 amide bonds. The Morgan fingerprint density at radius 1 is 1.29 bits per heavy atom. The van der Waals surface area contributed by atoms with Gasteiger partial charge in [0.25, 0.3) is 0 Å². The van der Waals surface area contributed by atoms with E-state index in [1.807, 2.05) is 0 Å². The van der Waals surface area contributed by atoms with Crippen molar-refractivity contribution in [3.63, 3.8) is 0 Å². The smallest absolute Gasteiger partial charge is 0.162 e. The van der Waals surface area contributed by atoms with Crippen molar-refractivity contribution in [1.29, 1.82) is 0 Å². The van der Waals surface area contributed by atoms with E-state index in [-0.39, 0.29) is 12.0 Å². The first-order valence-electron chi connectivity index (χ1n) is 5.01. The van der Waals surface area contributed by atoms with Gasteiger partial charge in [0.2, 0.25) is 0 Å². The molecule has 2 aromatic rings. The van der Waals surface area contributed by atoms with Crippen LogP contribution in [0.1, 0.15) is 17.4 Å². The molecule has 1 heterocycles. The van der Waals surface area contributed by atoms with Gasteiger partial charge in [0, 0.05) is 0 Å². The van der Waals surface area contributed by atoms with Crippen molar-refractivity contribution in [1.82, 2.24) is 0 Å². The fourth-order valence-corrected chi connectivity index (χ4v) is 2.10. The molecule has 17 heavy (non-hydrogen) atoms. The molecule has 0 fully saturated rings. The van der Waals surface area contributed by atoms with Crippen LogP contribution in [0, 0.1) is 11.6 Å². The lowest BCUT2D eigenvalue weighted by Gasteiger charge is -2.10. The number of nitrogens with two attached hydrogens (primary N) is 1. The van der Waals surface area contributed by atoms with Crippen molar-refractivity contribution in [3.05, 3.63) is 58.0 Å². The van der Waals surface area contributed by atoms with Gasteiger partial charge >= 0.3 is 0 Å². The number of halogens is 3. The molecule has 90 valence electrons. The molecule has 1 atom stereocenters. The lowest BCUT2D eigenvalue weighted by atomic mass is 10.0. The molecule has 0 saturated carbocycles. The van der Waals surface area contributed by atoms with Crippen LogP contribution >= 0.6 is 15.9 Å². The van der Waals surface area contributed by atoms with Crippen LogP contribution in [0.15, 0.2) is 39.4 Å². The Balaban J connectivity index is 2.22. The van der Waals surface area contributed by atoms with Gasteiger partial charge in [0.15, 0.2) is 11.6 Å². The van der Waals surface area contributed by atoms with Crippen molar-refractivity contribution >= 4 is 15.9 Å². The molecule has 0 radical (unpaired) electrons. The standard InChI is InChI=1S/C12H10BrF2NO/c13-8-4-5-17-12(8)10(16)6-7-2-1-3-9(14)11(7)15/h1-5,10H,6,16H2. The summed E-state index contributed by atoms with van der Waals surface area (Å²) >= 11 is 3.27. The first-order chi connectivity index (χ1) is 8.09. The zero-order valence-corrected chi connectivity index (χ0v) is 10.4. The summed E-state index contributed by atoms with van der Waals surface area (Å²) in [6, 6.07) is 5.23. The summed E-state index contributed by atoms with van der Waals surface area (Å²) in [6.07, 6.45) is 1.66. The minimum atomic E-state index is -0.867. The van der Waals surface area contributed by atoms with Gasteiger partial charge in [-0.25, -0.2) is 8.78 Å². The largest absolute Gasteiger partial charge is 0.466 e. The predicted octanol–water partition coefficient (Wildman–Crippen LogP) is 3.56. The highest BCUT2D eigenvalue weighted by molar-refractivity contribution is 9.10. The normalized spacial score (nSPS) is 12.7. The van der Waals surface area contributed by atoms with E-state index >= 15 is 0 Å². The molecular weight excluding hydrogens is 292 g/mol. The molecule has 0 saturated heterocycles. The Kier molecular flexibility index (Phi) is 3.59. The highest BCUT2D eigenvalue weighted by Gasteiger charge is 2.17. The van der Waals surface area contributed by atoms with Gasteiger partial charge in [0.1, 0.15) is 5.76 Å². The molecule has 0 aliphatic heterocycles. The SMILES string of the molecule is NC(Cc1cccc(F)c1F)c1occc1Br. The maximum Gasteiger partial charge on any atom is 0.162 e. The van der Waals surface area contributed by atoms with Gasteiger partial charge in [-0.3, -0.25) is 0 Å². The van der Waals surface area contributed by atoms with Gasteiger partial charge in [-0.15, -0.1) is 0 Å². The Labute approximate surface area is 106 Å². The average Bonchev–Trinajstić information content (AvgIpc) is 2.71. The van der Waals surface area contributed by atoms with E-state index in [4.69, 9.17) is 10.2 Å². The van der Waals surface area contributed by atoms with E-state index in [0.717, 1.165) is 10.5 Å². The fourth-order valence-electron chi connectivity index (χ4n) is 1.61. The third-order valence-electron chi connectivity index (χ3n) is 2.45. The van der Waals surface area contributed by atoms with Gasteiger partial charge in [0.05, 0.1) is 16.8 Å². The summed E-state index contributed by atoms with van der Waals surface area (Å²) in [5.41, 5.74) is 6.12. The number of benzene rings is 1. The molecule has 1 aromatic heterocycles. The third-order valence-corrected chi connectivity index (χ3v) is 3.11. The maximum absolute atomic E-state index is 13.4. The number of furan rings is 1. The topological polar surface area (TPSA) is 39.2 Å². The van der Waals surface area contributed by atoms with Crippen LogP contribution < -0.4 is 5.73 Å². The fraction of sp³-hybridized carbons (Fsp3) is 0.167. The second-order valence-corrected chi connectivity index (χ2v) is 4.51. The molecular formula is C12H10BrF2NO. The van der Waals surface area contributed by atoms with Gasteiger partial charge in [-0.1, -0.05) is 12.1 Å². The van der Waals surface area contributed by atoms with Crippen molar-refractivity contribution in [2.75, 3.05) is 0 Å². The summed E-state index contributed by atoms with van der Waals surface area (Å²) in [5.74, 6) is -1.20. The lowest BCUT2D eigenvalue weighted by molar-refractivity contribution is 0.451. The minimum Gasteiger partial charge on any atom is -0.466 e. The van der Waals surface area contributed by atoms with Crippen LogP contribution in [0.3, 0.4) is 0 Å². The third kappa shape index (κ3) is 2.56. The van der Waals surface area contributed by atoms with E-state index in [1.165, 1.54) is 18.4 Å². The van der Waals surface area contributed by atoms with Crippen LogP contribution in [-0.2, 0) is 6.42 Å². The van der Waals surface area contributed by atoms with Crippen molar-refractivity contribution in [2.24, 2.45) is 5.73 Å². The molecule has 2 rings (SSSR count).